The second-order valence-electron chi connectivity index (χ2n) is 5.75. The van der Waals surface area contributed by atoms with E-state index in [1.807, 2.05) is 0 Å². The van der Waals surface area contributed by atoms with Gasteiger partial charge in [0.1, 0.15) is 0 Å². The molecule has 2 nitrogen and oxygen atoms in total. The van der Waals surface area contributed by atoms with E-state index in [0.29, 0.717) is 12.6 Å². The molecule has 0 spiro atoms. The maximum atomic E-state index is 6.11. The lowest BCUT2D eigenvalue weighted by molar-refractivity contribution is 0.569. The van der Waals surface area contributed by atoms with Gasteiger partial charge in [-0.1, -0.05) is 48.0 Å². The van der Waals surface area contributed by atoms with E-state index in [-0.39, 0.29) is 6.04 Å². The highest BCUT2D eigenvalue weighted by molar-refractivity contribution is 5.61. The van der Waals surface area contributed by atoms with Gasteiger partial charge in [0.15, 0.2) is 0 Å². The van der Waals surface area contributed by atoms with Gasteiger partial charge in [-0.15, -0.1) is 0 Å². The van der Waals surface area contributed by atoms with E-state index in [1.165, 1.54) is 22.4 Å². The smallest absolute Gasteiger partial charge is 0.0668 e. The molecule has 2 heteroatoms. The molecule has 2 aromatic carbocycles. The van der Waals surface area contributed by atoms with E-state index in [1.54, 1.807) is 0 Å². The van der Waals surface area contributed by atoms with E-state index in [2.05, 4.69) is 67.3 Å². The van der Waals surface area contributed by atoms with Gasteiger partial charge in [0.2, 0.25) is 0 Å². The number of para-hydroxylation sites is 1. The number of anilines is 1. The third-order valence-electron chi connectivity index (χ3n) is 4.25. The van der Waals surface area contributed by atoms with Crippen molar-refractivity contribution in [2.45, 2.75) is 32.4 Å². The van der Waals surface area contributed by atoms with Crippen molar-refractivity contribution >= 4 is 5.69 Å². The predicted molar refractivity (Wildman–Crippen MR) is 85.1 cm³/mol. The summed E-state index contributed by atoms with van der Waals surface area (Å²) in [5.74, 6) is 0. The number of nitrogens with two attached hydrogens (primary N) is 1. The van der Waals surface area contributed by atoms with Crippen molar-refractivity contribution < 1.29 is 0 Å². The molecule has 0 radical (unpaired) electrons. The Kier molecular flexibility index (Phi) is 3.49. The first-order chi connectivity index (χ1) is 9.70. The van der Waals surface area contributed by atoms with E-state index >= 15 is 0 Å². The highest BCUT2D eigenvalue weighted by atomic mass is 15.2. The van der Waals surface area contributed by atoms with Crippen LogP contribution in [0.15, 0.2) is 48.5 Å². The molecule has 2 unspecified atom stereocenters. The van der Waals surface area contributed by atoms with Crippen molar-refractivity contribution in [1.82, 2.24) is 0 Å². The Bertz CT molecular complexity index is 606. The van der Waals surface area contributed by atoms with E-state index in [0.717, 1.165) is 6.42 Å². The lowest BCUT2D eigenvalue weighted by Crippen LogP contribution is -2.37. The van der Waals surface area contributed by atoms with Gasteiger partial charge < -0.3 is 10.6 Å². The van der Waals surface area contributed by atoms with Crippen molar-refractivity contribution in [2.75, 3.05) is 11.4 Å². The summed E-state index contributed by atoms with van der Waals surface area (Å²) in [4.78, 5) is 2.49. The van der Waals surface area contributed by atoms with Gasteiger partial charge in [-0.05, 0) is 37.5 Å². The Morgan fingerprint density at radius 2 is 2.00 bits per heavy atom. The molecule has 0 aliphatic carbocycles. The molecule has 2 N–H and O–H groups in total. The molecule has 0 saturated carbocycles. The average Bonchev–Trinajstić information content (AvgIpc) is 2.77. The third kappa shape index (κ3) is 2.20. The van der Waals surface area contributed by atoms with Gasteiger partial charge in [-0.2, -0.15) is 0 Å². The van der Waals surface area contributed by atoms with Crippen molar-refractivity contribution in [3.05, 3.63) is 65.2 Å². The maximum Gasteiger partial charge on any atom is 0.0668 e. The molecule has 2 atom stereocenters. The molecule has 0 bridgehead atoms. The predicted octanol–water partition coefficient (Wildman–Crippen LogP) is 3.45. The first-order valence-electron chi connectivity index (χ1n) is 7.33. The Morgan fingerprint density at radius 1 is 1.20 bits per heavy atom. The molecule has 0 saturated heterocycles. The zero-order valence-corrected chi connectivity index (χ0v) is 12.2. The highest BCUT2D eigenvalue weighted by Gasteiger charge is 2.31. The fourth-order valence-corrected chi connectivity index (χ4v) is 3.35. The van der Waals surface area contributed by atoms with Crippen LogP contribution in [0.1, 0.15) is 29.7 Å². The number of hydrogen-bond acceptors (Lipinski definition) is 2. The average molecular weight is 266 g/mol. The summed E-state index contributed by atoms with van der Waals surface area (Å²) in [5.41, 5.74) is 11.5. The largest absolute Gasteiger partial charge is 0.360 e. The van der Waals surface area contributed by atoms with Gasteiger partial charge in [0.25, 0.3) is 0 Å². The van der Waals surface area contributed by atoms with Gasteiger partial charge >= 0.3 is 0 Å². The first kappa shape index (κ1) is 13.2. The Labute approximate surface area is 121 Å². The van der Waals surface area contributed by atoms with Crippen molar-refractivity contribution in [3.63, 3.8) is 0 Å². The van der Waals surface area contributed by atoms with Gasteiger partial charge in [-0.25, -0.2) is 0 Å². The Morgan fingerprint density at radius 3 is 2.75 bits per heavy atom. The van der Waals surface area contributed by atoms with Gasteiger partial charge in [0.05, 0.1) is 6.04 Å². The number of nitrogens with zero attached hydrogens (tertiary/aromatic N) is 1. The maximum absolute atomic E-state index is 6.11. The summed E-state index contributed by atoms with van der Waals surface area (Å²) in [6, 6.07) is 18.2. The van der Waals surface area contributed by atoms with E-state index in [9.17, 15) is 0 Å². The highest BCUT2D eigenvalue weighted by Crippen LogP contribution is 2.38. The molecule has 1 aliphatic rings. The van der Waals surface area contributed by atoms with Crippen LogP contribution in [0.4, 0.5) is 5.69 Å². The lowest BCUT2D eigenvalue weighted by Gasteiger charge is -2.34. The molecular formula is C18H22N2. The molecule has 3 rings (SSSR count). The van der Waals surface area contributed by atoms with Crippen LogP contribution in [0.25, 0.3) is 0 Å². The molecule has 2 aromatic rings. The normalized spacial score (nSPS) is 18.9. The molecule has 1 heterocycles. The topological polar surface area (TPSA) is 29.3 Å². The Hall–Kier alpha value is -1.80. The quantitative estimate of drug-likeness (QED) is 0.922. The molecule has 1 aliphatic heterocycles. The molecule has 20 heavy (non-hydrogen) atoms. The molecule has 0 amide bonds. The number of fused-ring (bicyclic) bond motifs is 1. The summed E-state index contributed by atoms with van der Waals surface area (Å²) >= 11 is 0. The van der Waals surface area contributed by atoms with Crippen molar-refractivity contribution in [3.8, 4) is 0 Å². The summed E-state index contributed by atoms with van der Waals surface area (Å²) in [7, 11) is 0. The van der Waals surface area contributed by atoms with Gasteiger partial charge in [-0.3, -0.25) is 0 Å². The van der Waals surface area contributed by atoms with Crippen molar-refractivity contribution in [1.29, 1.82) is 0 Å². The van der Waals surface area contributed by atoms with Crippen LogP contribution in [-0.4, -0.2) is 12.6 Å². The molecular weight excluding hydrogens is 244 g/mol. The fraction of sp³-hybridized carbons (Fsp3) is 0.333. The fourth-order valence-electron chi connectivity index (χ4n) is 3.35. The summed E-state index contributed by atoms with van der Waals surface area (Å²) in [5, 5.41) is 0. The van der Waals surface area contributed by atoms with Crippen LogP contribution >= 0.6 is 0 Å². The minimum absolute atomic E-state index is 0.258. The third-order valence-corrected chi connectivity index (χ3v) is 4.25. The van der Waals surface area contributed by atoms with Crippen LogP contribution in [0.5, 0.6) is 0 Å². The standard InChI is InChI=1S/C18H22N2/c1-13-6-5-8-15(10-13)18(12-19)20-14(2)11-16-7-3-4-9-17(16)20/h3-10,14,18H,11-12,19H2,1-2H3. The number of benzene rings is 2. The van der Waals surface area contributed by atoms with Crippen LogP contribution in [0.2, 0.25) is 0 Å². The summed E-state index contributed by atoms with van der Waals surface area (Å²) in [6.07, 6.45) is 1.11. The monoisotopic (exact) mass is 266 g/mol. The van der Waals surface area contributed by atoms with Crippen LogP contribution in [-0.2, 0) is 6.42 Å². The zero-order chi connectivity index (χ0) is 14.1. The molecule has 0 aromatic heterocycles. The first-order valence-corrected chi connectivity index (χ1v) is 7.33. The minimum atomic E-state index is 0.258. The van der Waals surface area contributed by atoms with Crippen LogP contribution in [0, 0.1) is 6.92 Å². The molecule has 104 valence electrons. The van der Waals surface area contributed by atoms with E-state index in [4.69, 9.17) is 5.73 Å². The van der Waals surface area contributed by atoms with Crippen LogP contribution < -0.4 is 10.6 Å². The second kappa shape index (κ2) is 5.29. The summed E-state index contributed by atoms with van der Waals surface area (Å²) < 4.78 is 0. The number of aryl methyl sites for hydroxylation is 1. The SMILES string of the molecule is Cc1cccc(C(CN)N2c3ccccc3CC2C)c1. The number of rotatable bonds is 3. The number of hydrogen-bond donors (Lipinski definition) is 1. The van der Waals surface area contributed by atoms with Crippen molar-refractivity contribution in [2.24, 2.45) is 5.73 Å². The molecule has 0 fully saturated rings. The van der Waals surface area contributed by atoms with Gasteiger partial charge in [0, 0.05) is 18.3 Å². The minimum Gasteiger partial charge on any atom is -0.360 e. The summed E-state index contributed by atoms with van der Waals surface area (Å²) in [6.45, 7) is 5.07. The Balaban J connectivity index is 2.02. The lowest BCUT2D eigenvalue weighted by atomic mass is 10.0. The van der Waals surface area contributed by atoms with E-state index < -0.39 is 0 Å². The second-order valence-corrected chi connectivity index (χ2v) is 5.75. The zero-order valence-electron chi connectivity index (χ0n) is 12.2. The van der Waals surface area contributed by atoms with Crippen LogP contribution in [0.3, 0.4) is 0 Å².